The number of carboxylic acid groups (broad SMARTS) is 1. The Balaban J connectivity index is 2.73. The van der Waals surface area contributed by atoms with Gasteiger partial charge in [0.05, 0.1) is 6.10 Å². The van der Waals surface area contributed by atoms with Crippen molar-refractivity contribution in [2.45, 2.75) is 26.0 Å². The zero-order valence-electron chi connectivity index (χ0n) is 8.01. The van der Waals surface area contributed by atoms with E-state index in [1.54, 1.807) is 25.4 Å². The normalized spacial score (nSPS) is 12.4. The molecule has 1 aromatic rings. The number of aliphatic hydroxyl groups is 1. The first-order valence-electron chi connectivity index (χ1n) is 4.44. The lowest BCUT2D eigenvalue weighted by molar-refractivity contribution is -0.691. The van der Waals surface area contributed by atoms with E-state index in [4.69, 9.17) is 5.11 Å². The standard InChI is InChI=1S/C10H13NO3/c1-8(12)5-9-3-2-4-11(6-9)7-10(13)14/h2-4,6,8,12H,5,7H2,1H3. The minimum Gasteiger partial charge on any atom is -0.544 e. The maximum atomic E-state index is 10.3. The van der Waals surface area contributed by atoms with Gasteiger partial charge in [-0.05, 0) is 13.0 Å². The van der Waals surface area contributed by atoms with Crippen molar-refractivity contribution in [1.29, 1.82) is 0 Å². The Labute approximate surface area is 82.4 Å². The average molecular weight is 195 g/mol. The van der Waals surface area contributed by atoms with Crippen molar-refractivity contribution in [3.8, 4) is 0 Å². The fourth-order valence-electron chi connectivity index (χ4n) is 1.29. The van der Waals surface area contributed by atoms with E-state index in [9.17, 15) is 9.90 Å². The van der Waals surface area contributed by atoms with Crippen LogP contribution in [0.2, 0.25) is 0 Å². The molecule has 4 heteroatoms. The van der Waals surface area contributed by atoms with E-state index in [1.807, 2.05) is 6.07 Å². The van der Waals surface area contributed by atoms with Crippen molar-refractivity contribution in [3.63, 3.8) is 0 Å². The number of carbonyl (C=O) groups is 1. The number of hydrogen-bond acceptors (Lipinski definition) is 3. The van der Waals surface area contributed by atoms with Gasteiger partial charge in [-0.15, -0.1) is 0 Å². The van der Waals surface area contributed by atoms with Gasteiger partial charge in [-0.2, -0.15) is 4.57 Å². The van der Waals surface area contributed by atoms with Gasteiger partial charge in [0.1, 0.15) is 5.97 Å². The van der Waals surface area contributed by atoms with Crippen molar-refractivity contribution in [2.24, 2.45) is 0 Å². The van der Waals surface area contributed by atoms with Crippen LogP contribution in [-0.2, 0) is 17.8 Å². The number of carboxylic acids is 1. The van der Waals surface area contributed by atoms with Crippen LogP contribution < -0.4 is 9.67 Å². The molecule has 0 bridgehead atoms. The van der Waals surface area contributed by atoms with Crippen molar-refractivity contribution < 1.29 is 19.6 Å². The van der Waals surface area contributed by atoms with Crippen LogP contribution in [-0.4, -0.2) is 17.2 Å². The number of pyridine rings is 1. The van der Waals surface area contributed by atoms with Gasteiger partial charge in [0, 0.05) is 18.1 Å². The topological polar surface area (TPSA) is 64.2 Å². The van der Waals surface area contributed by atoms with Crippen LogP contribution in [0.15, 0.2) is 24.5 Å². The number of aromatic nitrogens is 1. The summed E-state index contributed by atoms with van der Waals surface area (Å²) in [6.45, 7) is 1.53. The molecule has 0 amide bonds. The SMILES string of the molecule is CC(O)Cc1ccc[n+](CC(=O)[O-])c1. The molecule has 0 aliphatic rings. The van der Waals surface area contributed by atoms with Gasteiger partial charge in [0.2, 0.25) is 0 Å². The molecule has 1 N–H and O–H groups in total. The molecule has 0 saturated heterocycles. The monoisotopic (exact) mass is 195 g/mol. The first-order valence-corrected chi connectivity index (χ1v) is 4.44. The second-order valence-electron chi connectivity index (χ2n) is 3.31. The Bertz CT molecular complexity index is 323. The lowest BCUT2D eigenvalue weighted by atomic mass is 10.1. The third-order valence-corrected chi connectivity index (χ3v) is 1.76. The zero-order chi connectivity index (χ0) is 10.6. The first kappa shape index (κ1) is 10.7. The van der Waals surface area contributed by atoms with Crippen LogP contribution in [0.4, 0.5) is 0 Å². The summed E-state index contributed by atoms with van der Waals surface area (Å²) in [6, 6.07) is 3.60. The quantitative estimate of drug-likeness (QED) is 0.604. The number of hydrogen-bond donors (Lipinski definition) is 1. The van der Waals surface area contributed by atoms with Gasteiger partial charge in [-0.25, -0.2) is 0 Å². The second kappa shape index (κ2) is 4.72. The fourth-order valence-corrected chi connectivity index (χ4v) is 1.29. The van der Waals surface area contributed by atoms with E-state index in [2.05, 4.69) is 0 Å². The summed E-state index contributed by atoms with van der Waals surface area (Å²) in [5.74, 6) is -1.12. The van der Waals surface area contributed by atoms with Crippen molar-refractivity contribution in [2.75, 3.05) is 0 Å². The summed E-state index contributed by atoms with van der Waals surface area (Å²) in [4.78, 5) is 10.3. The third kappa shape index (κ3) is 3.53. The van der Waals surface area contributed by atoms with Crippen LogP contribution >= 0.6 is 0 Å². The molecular formula is C10H13NO3. The summed E-state index contributed by atoms with van der Waals surface area (Å²) in [5.41, 5.74) is 0.906. The fraction of sp³-hybridized carbons (Fsp3) is 0.400. The van der Waals surface area contributed by atoms with Crippen LogP contribution in [0.3, 0.4) is 0 Å². The Morgan fingerprint density at radius 1 is 1.71 bits per heavy atom. The minimum atomic E-state index is -1.12. The molecule has 0 radical (unpaired) electrons. The van der Waals surface area contributed by atoms with Gasteiger partial charge < -0.3 is 15.0 Å². The molecule has 0 aliphatic carbocycles. The molecular weight excluding hydrogens is 182 g/mol. The highest BCUT2D eigenvalue weighted by molar-refractivity contribution is 5.62. The van der Waals surface area contributed by atoms with Gasteiger partial charge in [0.15, 0.2) is 18.9 Å². The van der Waals surface area contributed by atoms with E-state index in [0.717, 1.165) is 5.56 Å². The smallest absolute Gasteiger partial charge is 0.187 e. The Morgan fingerprint density at radius 2 is 2.43 bits per heavy atom. The third-order valence-electron chi connectivity index (χ3n) is 1.76. The number of aliphatic carboxylic acids is 1. The molecule has 76 valence electrons. The summed E-state index contributed by atoms with van der Waals surface area (Å²) < 4.78 is 1.52. The average Bonchev–Trinajstić information content (AvgIpc) is 2.01. The number of rotatable bonds is 4. The second-order valence-corrected chi connectivity index (χ2v) is 3.31. The molecule has 14 heavy (non-hydrogen) atoms. The lowest BCUT2D eigenvalue weighted by Gasteiger charge is -2.03. The summed E-state index contributed by atoms with van der Waals surface area (Å²) >= 11 is 0. The molecule has 1 atom stereocenters. The van der Waals surface area contributed by atoms with Crippen molar-refractivity contribution in [3.05, 3.63) is 30.1 Å². The van der Waals surface area contributed by atoms with Gasteiger partial charge >= 0.3 is 0 Å². The molecule has 1 heterocycles. The van der Waals surface area contributed by atoms with E-state index in [1.165, 1.54) is 4.57 Å². The number of aliphatic hydroxyl groups excluding tert-OH is 1. The molecule has 0 fully saturated rings. The largest absolute Gasteiger partial charge is 0.544 e. The molecule has 0 aromatic carbocycles. The molecule has 1 rings (SSSR count). The van der Waals surface area contributed by atoms with Crippen LogP contribution in [0.25, 0.3) is 0 Å². The maximum absolute atomic E-state index is 10.3. The van der Waals surface area contributed by atoms with Gasteiger partial charge in [0.25, 0.3) is 0 Å². The number of carbonyl (C=O) groups excluding carboxylic acids is 1. The van der Waals surface area contributed by atoms with E-state index >= 15 is 0 Å². The zero-order valence-corrected chi connectivity index (χ0v) is 8.01. The molecule has 0 saturated carbocycles. The molecule has 1 unspecified atom stereocenters. The highest BCUT2D eigenvalue weighted by atomic mass is 16.4. The Hall–Kier alpha value is -1.42. The van der Waals surface area contributed by atoms with Gasteiger partial charge in [-0.1, -0.05) is 0 Å². The number of nitrogens with zero attached hydrogens (tertiary/aromatic N) is 1. The van der Waals surface area contributed by atoms with Gasteiger partial charge in [-0.3, -0.25) is 0 Å². The van der Waals surface area contributed by atoms with Crippen molar-refractivity contribution >= 4 is 5.97 Å². The Morgan fingerprint density at radius 3 is 3.00 bits per heavy atom. The molecule has 4 nitrogen and oxygen atoms in total. The highest BCUT2D eigenvalue weighted by Gasteiger charge is 2.05. The first-order chi connectivity index (χ1) is 6.58. The molecule has 0 spiro atoms. The summed E-state index contributed by atoms with van der Waals surface area (Å²) in [7, 11) is 0. The summed E-state index contributed by atoms with van der Waals surface area (Å²) in [6.07, 6.45) is 3.45. The predicted molar refractivity (Wildman–Crippen MR) is 47.0 cm³/mol. The van der Waals surface area contributed by atoms with Crippen LogP contribution in [0.5, 0.6) is 0 Å². The van der Waals surface area contributed by atoms with Crippen molar-refractivity contribution in [1.82, 2.24) is 0 Å². The highest BCUT2D eigenvalue weighted by Crippen LogP contribution is 1.99. The summed E-state index contributed by atoms with van der Waals surface area (Å²) in [5, 5.41) is 19.5. The van der Waals surface area contributed by atoms with E-state index in [0.29, 0.717) is 6.42 Å². The van der Waals surface area contributed by atoms with Crippen LogP contribution in [0.1, 0.15) is 12.5 Å². The molecule has 0 aliphatic heterocycles. The van der Waals surface area contributed by atoms with E-state index in [-0.39, 0.29) is 6.54 Å². The minimum absolute atomic E-state index is 0.159. The maximum Gasteiger partial charge on any atom is 0.187 e. The van der Waals surface area contributed by atoms with E-state index < -0.39 is 12.1 Å². The predicted octanol–water partition coefficient (Wildman–Crippen LogP) is -1.35. The lowest BCUT2D eigenvalue weighted by Crippen LogP contribution is -2.43. The van der Waals surface area contributed by atoms with Crippen LogP contribution in [0, 0.1) is 0 Å². The molecule has 1 aromatic heterocycles. The Kier molecular flexibility index (Phi) is 3.59.